The number of amides is 2. The standard InChI is InChI=1S/C11H20N2O4S/c1-3-7-17-8-5-12-11(14)13-6-4-10(9-13)18(2,15)16/h3,10H,1,4-9H2,2H3,(H,12,14)/t10-/m0/s1. The first-order valence-electron chi connectivity index (χ1n) is 5.85. The van der Waals surface area contributed by atoms with E-state index in [0.717, 1.165) is 0 Å². The fourth-order valence-electron chi connectivity index (χ4n) is 1.77. The maximum atomic E-state index is 11.7. The second kappa shape index (κ2) is 6.75. The lowest BCUT2D eigenvalue weighted by Gasteiger charge is -2.16. The highest BCUT2D eigenvalue weighted by Crippen LogP contribution is 2.15. The number of hydrogen-bond acceptors (Lipinski definition) is 4. The Balaban J connectivity index is 2.26. The van der Waals surface area contributed by atoms with E-state index in [0.29, 0.717) is 32.7 Å². The lowest BCUT2D eigenvalue weighted by molar-refractivity contribution is 0.159. The summed E-state index contributed by atoms with van der Waals surface area (Å²) in [7, 11) is -3.06. The number of ether oxygens (including phenoxy) is 1. The highest BCUT2D eigenvalue weighted by molar-refractivity contribution is 7.91. The molecule has 0 aromatic rings. The lowest BCUT2D eigenvalue weighted by Crippen LogP contribution is -2.40. The molecule has 18 heavy (non-hydrogen) atoms. The summed E-state index contributed by atoms with van der Waals surface area (Å²) in [4.78, 5) is 13.2. The smallest absolute Gasteiger partial charge is 0.317 e. The Morgan fingerprint density at radius 2 is 2.33 bits per heavy atom. The zero-order valence-corrected chi connectivity index (χ0v) is 11.4. The molecule has 2 amide bonds. The molecular formula is C11H20N2O4S. The van der Waals surface area contributed by atoms with E-state index in [1.807, 2.05) is 0 Å². The molecule has 1 rings (SSSR count). The van der Waals surface area contributed by atoms with Gasteiger partial charge in [0.05, 0.1) is 18.5 Å². The molecule has 0 saturated carbocycles. The van der Waals surface area contributed by atoms with Crippen molar-refractivity contribution < 1.29 is 17.9 Å². The van der Waals surface area contributed by atoms with E-state index in [9.17, 15) is 13.2 Å². The number of carbonyl (C=O) groups is 1. The minimum atomic E-state index is -3.06. The van der Waals surface area contributed by atoms with E-state index in [1.54, 1.807) is 6.08 Å². The van der Waals surface area contributed by atoms with E-state index in [4.69, 9.17) is 4.74 Å². The molecule has 104 valence electrons. The monoisotopic (exact) mass is 276 g/mol. The number of likely N-dealkylation sites (tertiary alicyclic amines) is 1. The van der Waals surface area contributed by atoms with Crippen molar-refractivity contribution >= 4 is 15.9 Å². The summed E-state index contributed by atoms with van der Waals surface area (Å²) >= 11 is 0. The van der Waals surface area contributed by atoms with Crippen LogP contribution in [0.4, 0.5) is 4.79 Å². The number of urea groups is 1. The van der Waals surface area contributed by atoms with Crippen LogP contribution in [0.15, 0.2) is 12.7 Å². The Morgan fingerprint density at radius 3 is 2.89 bits per heavy atom. The van der Waals surface area contributed by atoms with E-state index in [-0.39, 0.29) is 12.6 Å². The number of rotatable bonds is 6. The molecule has 7 heteroatoms. The molecule has 1 heterocycles. The normalized spacial score (nSPS) is 19.8. The van der Waals surface area contributed by atoms with Crippen molar-refractivity contribution in [2.24, 2.45) is 0 Å². The van der Waals surface area contributed by atoms with E-state index >= 15 is 0 Å². The van der Waals surface area contributed by atoms with Crippen LogP contribution in [0, 0.1) is 0 Å². The average Bonchev–Trinajstić information content (AvgIpc) is 2.77. The van der Waals surface area contributed by atoms with E-state index in [2.05, 4.69) is 11.9 Å². The first-order chi connectivity index (χ1) is 8.45. The topological polar surface area (TPSA) is 75.7 Å². The van der Waals surface area contributed by atoms with Crippen LogP contribution in [-0.2, 0) is 14.6 Å². The first kappa shape index (κ1) is 15.0. The zero-order chi connectivity index (χ0) is 13.6. The highest BCUT2D eigenvalue weighted by Gasteiger charge is 2.32. The predicted molar refractivity (Wildman–Crippen MR) is 69.2 cm³/mol. The van der Waals surface area contributed by atoms with Crippen LogP contribution < -0.4 is 5.32 Å². The molecule has 1 aliphatic heterocycles. The number of nitrogens with zero attached hydrogens (tertiary/aromatic N) is 1. The van der Waals surface area contributed by atoms with Gasteiger partial charge in [-0.25, -0.2) is 13.2 Å². The summed E-state index contributed by atoms with van der Waals surface area (Å²) < 4.78 is 27.8. The third kappa shape index (κ3) is 4.66. The fourth-order valence-corrected chi connectivity index (χ4v) is 2.76. The number of nitrogens with one attached hydrogen (secondary N) is 1. The molecule has 6 nitrogen and oxygen atoms in total. The van der Waals surface area contributed by atoms with Gasteiger partial charge in [-0.3, -0.25) is 0 Å². The van der Waals surface area contributed by atoms with Gasteiger partial charge in [-0.2, -0.15) is 0 Å². The zero-order valence-electron chi connectivity index (χ0n) is 10.6. The van der Waals surface area contributed by atoms with Gasteiger partial charge in [0.1, 0.15) is 0 Å². The molecule has 1 fully saturated rings. The van der Waals surface area contributed by atoms with Crippen LogP contribution in [0.1, 0.15) is 6.42 Å². The summed E-state index contributed by atoms with van der Waals surface area (Å²) in [6, 6.07) is -0.233. The van der Waals surface area contributed by atoms with Crippen molar-refractivity contribution in [2.75, 3.05) is 39.1 Å². The van der Waals surface area contributed by atoms with Crippen LogP contribution in [0.25, 0.3) is 0 Å². The summed E-state index contributed by atoms with van der Waals surface area (Å²) in [5, 5.41) is 2.26. The summed E-state index contributed by atoms with van der Waals surface area (Å²) in [6.07, 6.45) is 3.36. The molecule has 0 aromatic heterocycles. The second-order valence-electron chi connectivity index (χ2n) is 4.28. The van der Waals surface area contributed by atoms with E-state index in [1.165, 1.54) is 11.2 Å². The number of sulfone groups is 1. The van der Waals surface area contributed by atoms with Gasteiger partial charge in [0.2, 0.25) is 0 Å². The van der Waals surface area contributed by atoms with Crippen LogP contribution in [0.5, 0.6) is 0 Å². The third-order valence-electron chi connectivity index (χ3n) is 2.80. The van der Waals surface area contributed by atoms with Crippen molar-refractivity contribution in [1.29, 1.82) is 0 Å². The quantitative estimate of drug-likeness (QED) is 0.548. The molecule has 1 N–H and O–H groups in total. The predicted octanol–water partition coefficient (Wildman–Crippen LogP) is 0.0175. The van der Waals surface area contributed by atoms with Gasteiger partial charge in [-0.05, 0) is 6.42 Å². The van der Waals surface area contributed by atoms with Crippen LogP contribution in [-0.4, -0.2) is 63.7 Å². The summed E-state index contributed by atoms with van der Waals surface area (Å²) in [5.41, 5.74) is 0. The minimum absolute atomic E-state index is 0.233. The first-order valence-corrected chi connectivity index (χ1v) is 7.81. The molecule has 1 aliphatic rings. The van der Waals surface area contributed by atoms with Gasteiger partial charge in [-0.15, -0.1) is 6.58 Å². The van der Waals surface area contributed by atoms with Gasteiger partial charge >= 0.3 is 6.03 Å². The largest absolute Gasteiger partial charge is 0.376 e. The average molecular weight is 276 g/mol. The van der Waals surface area contributed by atoms with Gasteiger partial charge < -0.3 is 15.0 Å². The Hall–Kier alpha value is -1.08. The van der Waals surface area contributed by atoms with Gasteiger partial charge in [-0.1, -0.05) is 6.08 Å². The van der Waals surface area contributed by atoms with Crippen molar-refractivity contribution in [3.63, 3.8) is 0 Å². The molecule has 0 unspecified atom stereocenters. The highest BCUT2D eigenvalue weighted by atomic mass is 32.2. The third-order valence-corrected chi connectivity index (χ3v) is 4.39. The van der Waals surface area contributed by atoms with Crippen molar-refractivity contribution in [1.82, 2.24) is 10.2 Å². The van der Waals surface area contributed by atoms with E-state index < -0.39 is 15.1 Å². The molecule has 0 aliphatic carbocycles. The number of hydrogen-bond donors (Lipinski definition) is 1. The van der Waals surface area contributed by atoms with Gasteiger partial charge in [0.25, 0.3) is 0 Å². The maximum absolute atomic E-state index is 11.7. The molecule has 1 saturated heterocycles. The second-order valence-corrected chi connectivity index (χ2v) is 6.61. The van der Waals surface area contributed by atoms with Crippen LogP contribution >= 0.6 is 0 Å². The van der Waals surface area contributed by atoms with Crippen molar-refractivity contribution in [2.45, 2.75) is 11.7 Å². The SMILES string of the molecule is C=CCOCCNC(=O)N1CC[C@H](S(C)(=O)=O)C1. The molecule has 0 bridgehead atoms. The fraction of sp³-hybridized carbons (Fsp3) is 0.727. The molecular weight excluding hydrogens is 256 g/mol. The molecule has 1 atom stereocenters. The van der Waals surface area contributed by atoms with Gasteiger partial charge in [0.15, 0.2) is 9.84 Å². The Bertz CT molecular complexity index is 394. The Morgan fingerprint density at radius 1 is 1.61 bits per heavy atom. The molecule has 0 aromatic carbocycles. The minimum Gasteiger partial charge on any atom is -0.376 e. The van der Waals surface area contributed by atoms with Crippen LogP contribution in [0.3, 0.4) is 0 Å². The summed E-state index contributed by atoms with van der Waals surface area (Å²) in [5.74, 6) is 0. The van der Waals surface area contributed by atoms with Crippen molar-refractivity contribution in [3.05, 3.63) is 12.7 Å². The van der Waals surface area contributed by atoms with Gasteiger partial charge in [0, 0.05) is 25.9 Å². The Kier molecular flexibility index (Phi) is 5.61. The molecule has 0 radical (unpaired) electrons. The van der Waals surface area contributed by atoms with Crippen molar-refractivity contribution in [3.8, 4) is 0 Å². The number of carbonyl (C=O) groups excluding carboxylic acids is 1. The van der Waals surface area contributed by atoms with Crippen LogP contribution in [0.2, 0.25) is 0 Å². The maximum Gasteiger partial charge on any atom is 0.317 e. The molecule has 0 spiro atoms. The Labute approximate surface area is 108 Å². The lowest BCUT2D eigenvalue weighted by atomic mass is 10.4. The summed E-state index contributed by atoms with van der Waals surface area (Å²) in [6.45, 7) is 5.55.